The highest BCUT2D eigenvalue weighted by molar-refractivity contribution is 7.99. The van der Waals surface area contributed by atoms with Crippen LogP contribution in [-0.2, 0) is 5.41 Å². The minimum Gasteiger partial charge on any atom is -0.310 e. The van der Waals surface area contributed by atoms with Crippen LogP contribution in [0.2, 0.25) is 0 Å². The molecule has 300 valence electrons. The number of anilines is 6. The number of para-hydroxylation sites is 2. The minimum absolute atomic E-state index is 0.225. The SMILES string of the molecule is CC1(C)c2cc(Sc3ccccc3)c3ccccc3c2-c2cc(N(c3ccccc3)c3ccc(N(c4ccccc4)c4ccc5sc6ccccc6c5c4)cc3)c3ccccc3c21. The van der Waals surface area contributed by atoms with Gasteiger partial charge < -0.3 is 9.80 Å². The molecule has 0 aliphatic heterocycles. The van der Waals surface area contributed by atoms with Gasteiger partial charge in [0, 0.05) is 69.2 Å². The average molecular weight is 843 g/mol. The normalized spacial score (nSPS) is 12.8. The maximum Gasteiger partial charge on any atom is 0.0546 e. The molecule has 0 bridgehead atoms. The predicted octanol–water partition coefficient (Wildman–Crippen LogP) is 17.8. The van der Waals surface area contributed by atoms with Crippen LogP contribution in [0.25, 0.3) is 52.8 Å². The summed E-state index contributed by atoms with van der Waals surface area (Å²) in [7, 11) is 0. The topological polar surface area (TPSA) is 6.48 Å². The Morgan fingerprint density at radius 3 is 1.60 bits per heavy atom. The molecule has 0 amide bonds. The molecule has 0 saturated carbocycles. The van der Waals surface area contributed by atoms with E-state index >= 15 is 0 Å². The van der Waals surface area contributed by atoms with Crippen molar-refractivity contribution in [1.82, 2.24) is 0 Å². The molecule has 12 rings (SSSR count). The van der Waals surface area contributed by atoms with E-state index in [-0.39, 0.29) is 5.41 Å². The summed E-state index contributed by atoms with van der Waals surface area (Å²) in [5.41, 5.74) is 11.9. The van der Waals surface area contributed by atoms with E-state index in [1.54, 1.807) is 0 Å². The van der Waals surface area contributed by atoms with Gasteiger partial charge in [-0.3, -0.25) is 0 Å². The first-order valence-electron chi connectivity index (χ1n) is 21.6. The van der Waals surface area contributed by atoms with E-state index in [0.29, 0.717) is 0 Å². The summed E-state index contributed by atoms with van der Waals surface area (Å²) < 4.78 is 2.61. The maximum absolute atomic E-state index is 2.49. The third-order valence-electron chi connectivity index (χ3n) is 12.8. The van der Waals surface area contributed by atoms with E-state index in [1.165, 1.54) is 73.8 Å². The quantitative estimate of drug-likeness (QED) is 0.150. The molecule has 0 N–H and O–H groups in total. The molecule has 0 unspecified atom stereocenters. The van der Waals surface area contributed by atoms with E-state index in [2.05, 4.69) is 242 Å². The Morgan fingerprint density at radius 1 is 0.397 bits per heavy atom. The monoisotopic (exact) mass is 842 g/mol. The summed E-state index contributed by atoms with van der Waals surface area (Å²) in [5.74, 6) is 0. The number of fused-ring (bicyclic) bond motifs is 10. The summed E-state index contributed by atoms with van der Waals surface area (Å²) in [4.78, 5) is 7.37. The van der Waals surface area contributed by atoms with Gasteiger partial charge in [-0.05, 0) is 135 Å². The van der Waals surface area contributed by atoms with Crippen LogP contribution >= 0.6 is 23.1 Å². The highest BCUT2D eigenvalue weighted by Crippen LogP contribution is 2.58. The van der Waals surface area contributed by atoms with Crippen molar-refractivity contribution in [2.45, 2.75) is 29.1 Å². The fourth-order valence-corrected chi connectivity index (χ4v) is 12.1. The Labute approximate surface area is 376 Å². The highest BCUT2D eigenvalue weighted by atomic mass is 32.2. The van der Waals surface area contributed by atoms with Crippen LogP contribution in [0.15, 0.2) is 228 Å². The van der Waals surface area contributed by atoms with Gasteiger partial charge in [-0.25, -0.2) is 0 Å². The second-order valence-electron chi connectivity index (χ2n) is 16.9. The minimum atomic E-state index is -0.225. The van der Waals surface area contributed by atoms with Crippen LogP contribution in [0, 0.1) is 0 Å². The molecule has 0 radical (unpaired) electrons. The maximum atomic E-state index is 2.49. The molecule has 1 aliphatic rings. The van der Waals surface area contributed by atoms with Crippen LogP contribution in [-0.4, -0.2) is 0 Å². The van der Waals surface area contributed by atoms with E-state index in [0.717, 1.165) is 34.1 Å². The van der Waals surface area contributed by atoms with Gasteiger partial charge in [0.2, 0.25) is 0 Å². The fourth-order valence-electron chi connectivity index (χ4n) is 10.0. The van der Waals surface area contributed by atoms with Gasteiger partial charge in [0.05, 0.1) is 5.69 Å². The summed E-state index contributed by atoms with van der Waals surface area (Å²) >= 11 is 3.71. The Bertz CT molecular complexity index is 3500. The van der Waals surface area contributed by atoms with E-state index in [1.807, 2.05) is 23.1 Å². The number of thiophene rings is 1. The molecule has 1 heterocycles. The summed E-state index contributed by atoms with van der Waals surface area (Å²) in [6, 6.07) is 80.1. The zero-order valence-electron chi connectivity index (χ0n) is 35.0. The molecule has 0 atom stereocenters. The number of benzene rings is 10. The Morgan fingerprint density at radius 2 is 0.905 bits per heavy atom. The molecule has 0 spiro atoms. The van der Waals surface area contributed by atoms with Crippen molar-refractivity contribution in [3.05, 3.63) is 230 Å². The van der Waals surface area contributed by atoms with Crippen LogP contribution in [0.1, 0.15) is 25.0 Å². The molecule has 0 saturated heterocycles. The average Bonchev–Trinajstić information content (AvgIpc) is 3.82. The Balaban J connectivity index is 1.04. The third-order valence-corrected chi connectivity index (χ3v) is 15.0. The van der Waals surface area contributed by atoms with Crippen molar-refractivity contribution in [2.24, 2.45) is 0 Å². The third kappa shape index (κ3) is 6.24. The molecule has 1 aromatic heterocycles. The fraction of sp³-hybridized carbons (Fsp3) is 0.0508. The Kier molecular flexibility index (Phi) is 9.00. The van der Waals surface area contributed by atoms with Crippen molar-refractivity contribution in [3.8, 4) is 11.1 Å². The first kappa shape index (κ1) is 37.6. The van der Waals surface area contributed by atoms with Crippen molar-refractivity contribution in [3.63, 3.8) is 0 Å². The molecular weight excluding hydrogens is 801 g/mol. The lowest BCUT2D eigenvalue weighted by atomic mass is 9.79. The molecule has 4 heteroatoms. The lowest BCUT2D eigenvalue weighted by Crippen LogP contribution is -2.17. The molecule has 1 aliphatic carbocycles. The van der Waals surface area contributed by atoms with Gasteiger partial charge in [-0.2, -0.15) is 0 Å². The van der Waals surface area contributed by atoms with Crippen molar-refractivity contribution in [2.75, 3.05) is 9.80 Å². The molecule has 63 heavy (non-hydrogen) atoms. The number of hydrogen-bond acceptors (Lipinski definition) is 4. The van der Waals surface area contributed by atoms with Crippen LogP contribution in [0.4, 0.5) is 34.1 Å². The molecule has 11 aromatic rings. The van der Waals surface area contributed by atoms with Gasteiger partial charge in [0.1, 0.15) is 0 Å². The smallest absolute Gasteiger partial charge is 0.0546 e. The molecular formula is C59H42N2S2. The van der Waals surface area contributed by atoms with Gasteiger partial charge in [-0.1, -0.05) is 147 Å². The molecule has 0 fully saturated rings. The highest BCUT2D eigenvalue weighted by Gasteiger charge is 2.40. The van der Waals surface area contributed by atoms with Crippen molar-refractivity contribution < 1.29 is 0 Å². The van der Waals surface area contributed by atoms with Gasteiger partial charge in [-0.15, -0.1) is 11.3 Å². The number of rotatable bonds is 8. The summed E-state index contributed by atoms with van der Waals surface area (Å²) in [6.07, 6.45) is 0. The van der Waals surface area contributed by atoms with Crippen molar-refractivity contribution >= 4 is 98.9 Å². The lowest BCUT2D eigenvalue weighted by molar-refractivity contribution is 0.665. The van der Waals surface area contributed by atoms with Gasteiger partial charge in [0.25, 0.3) is 0 Å². The largest absolute Gasteiger partial charge is 0.310 e. The number of nitrogens with zero attached hydrogens (tertiary/aromatic N) is 2. The van der Waals surface area contributed by atoms with E-state index < -0.39 is 0 Å². The number of hydrogen-bond donors (Lipinski definition) is 0. The Hall–Kier alpha value is -7.11. The zero-order valence-corrected chi connectivity index (χ0v) is 36.6. The zero-order chi connectivity index (χ0) is 42.1. The van der Waals surface area contributed by atoms with Crippen molar-refractivity contribution in [1.29, 1.82) is 0 Å². The molecule has 10 aromatic carbocycles. The lowest BCUT2D eigenvalue weighted by Gasteiger charge is -2.30. The van der Waals surface area contributed by atoms with E-state index in [9.17, 15) is 0 Å². The van der Waals surface area contributed by atoms with Crippen LogP contribution in [0.3, 0.4) is 0 Å². The second-order valence-corrected chi connectivity index (χ2v) is 19.1. The summed E-state index contributed by atoms with van der Waals surface area (Å²) in [5, 5.41) is 7.69. The summed E-state index contributed by atoms with van der Waals surface area (Å²) in [6.45, 7) is 4.83. The first-order valence-corrected chi connectivity index (χ1v) is 23.2. The van der Waals surface area contributed by atoms with Crippen LogP contribution < -0.4 is 9.80 Å². The predicted molar refractivity (Wildman–Crippen MR) is 272 cm³/mol. The van der Waals surface area contributed by atoms with Gasteiger partial charge >= 0.3 is 0 Å². The van der Waals surface area contributed by atoms with Crippen LogP contribution in [0.5, 0.6) is 0 Å². The van der Waals surface area contributed by atoms with Gasteiger partial charge in [0.15, 0.2) is 0 Å². The first-order chi connectivity index (χ1) is 31.0. The van der Waals surface area contributed by atoms with E-state index in [4.69, 9.17) is 0 Å². The standard InChI is InChI=1S/C59H42N2S2/c1-59(2)52-38-56(62-44-22-10-5-11-23-44)46-25-13-14-27-48(46)57(52)51-37-53(45-24-12-15-28-49(45)58(51)59)61(40-20-8-4-9-21-40)42-32-30-41(31-33-42)60(39-18-6-3-7-19-39)43-34-35-55-50(36-43)47-26-16-17-29-54(47)63-55/h3-38H,1-2H3. The molecule has 2 nitrogen and oxygen atoms in total. The second kappa shape index (κ2) is 15.1.